The number of phenols is 1. The van der Waals surface area contributed by atoms with E-state index in [4.69, 9.17) is 24.9 Å². The number of fused-ring (bicyclic) bond motifs is 8. The molecule has 10 rings (SSSR count). The number of rotatable bonds is 10. The first-order chi connectivity index (χ1) is 38.9. The number of likely N-dealkylation sites (N-methyl/N-ethyl adjacent to an activating group) is 1. The summed E-state index contributed by atoms with van der Waals surface area (Å²) in [6, 6.07) is 20.5. The molecule has 18 nitrogen and oxygen atoms in total. The summed E-state index contributed by atoms with van der Waals surface area (Å²) in [6.45, 7) is 13.1. The molecule has 2 unspecified atom stereocenters. The zero-order chi connectivity index (χ0) is 57.5. The average molecular weight is 1100 g/mol. The molecule has 0 saturated carbocycles. The van der Waals surface area contributed by atoms with Gasteiger partial charge in [0.05, 0.1) is 48.7 Å². The highest BCUT2D eigenvalue weighted by Crippen LogP contribution is 2.57. The lowest BCUT2D eigenvalue weighted by Crippen LogP contribution is -2.63. The number of piperidine rings is 1. The Kier molecular flexibility index (Phi) is 16.7. The van der Waals surface area contributed by atoms with E-state index in [-0.39, 0.29) is 55.6 Å². The maximum absolute atomic E-state index is 15.1. The second kappa shape index (κ2) is 23.5. The van der Waals surface area contributed by atoms with Crippen molar-refractivity contribution < 1.29 is 43.9 Å². The molecule has 3 amide bonds. The molecule has 1 aliphatic carbocycles. The number of aromatic hydroxyl groups is 1. The van der Waals surface area contributed by atoms with E-state index in [9.17, 15) is 30.2 Å². The van der Waals surface area contributed by atoms with Gasteiger partial charge in [0.2, 0.25) is 5.91 Å². The lowest BCUT2D eigenvalue weighted by Gasteiger charge is -2.43. The summed E-state index contributed by atoms with van der Waals surface area (Å²) < 4.78 is 21.4. The topological polar surface area (TPSA) is 241 Å². The fourth-order valence-corrected chi connectivity index (χ4v) is 13.2. The second-order valence-corrected chi connectivity index (χ2v) is 23.9. The number of nitrogens with zero attached hydrogens (tertiary/aromatic N) is 6. The second-order valence-electron chi connectivity index (χ2n) is 23.9. The first-order valence-electron chi connectivity index (χ1n) is 28.5. The summed E-state index contributed by atoms with van der Waals surface area (Å²) in [4.78, 5) is 53.1. The number of hydrazine groups is 1. The first-order valence-corrected chi connectivity index (χ1v) is 28.5. The van der Waals surface area contributed by atoms with Crippen LogP contribution >= 0.6 is 0 Å². The van der Waals surface area contributed by atoms with Gasteiger partial charge in [0.25, 0.3) is 11.8 Å². The molecule has 18 heteroatoms. The highest BCUT2D eigenvalue weighted by atomic mass is 16.6. The maximum atomic E-state index is 15.1. The molecule has 3 fully saturated rings. The van der Waals surface area contributed by atoms with Gasteiger partial charge >= 0.3 is 0 Å². The van der Waals surface area contributed by atoms with Gasteiger partial charge in [0.1, 0.15) is 30.0 Å². The van der Waals surface area contributed by atoms with Crippen molar-refractivity contribution in [2.24, 2.45) is 16.7 Å². The molecule has 5 aliphatic rings. The lowest BCUT2D eigenvalue weighted by molar-refractivity contribution is -0.168. The number of methoxy groups -OCH3 is 1. The van der Waals surface area contributed by atoms with Gasteiger partial charge in [0, 0.05) is 99.1 Å². The van der Waals surface area contributed by atoms with Crippen LogP contribution in [0, 0.1) is 39.9 Å². The molecule has 3 saturated heterocycles. The van der Waals surface area contributed by atoms with Crippen molar-refractivity contribution >= 4 is 34.3 Å². The third kappa shape index (κ3) is 11.3. The Morgan fingerprint density at radius 2 is 1.80 bits per heavy atom. The number of carbonyl (C=O) groups excluding carboxylic acids is 3. The quantitative estimate of drug-likeness (QED) is 0.0659. The molecule has 4 aliphatic heterocycles. The number of anilines is 1. The Hall–Kier alpha value is -6.87. The van der Waals surface area contributed by atoms with Crippen LogP contribution in [-0.2, 0) is 41.6 Å². The van der Waals surface area contributed by atoms with Gasteiger partial charge in [-0.2, -0.15) is 5.26 Å². The Labute approximate surface area is 474 Å². The van der Waals surface area contributed by atoms with Crippen LogP contribution in [0.5, 0.6) is 5.75 Å². The Balaban J connectivity index is 1.02. The Bertz CT molecular complexity index is 3280. The van der Waals surface area contributed by atoms with Crippen molar-refractivity contribution in [3.8, 4) is 46.0 Å². The largest absolute Gasteiger partial charge is 0.508 e. The third-order valence-electron chi connectivity index (χ3n) is 17.6. The van der Waals surface area contributed by atoms with Gasteiger partial charge < -0.3 is 50.0 Å². The predicted octanol–water partition coefficient (Wildman–Crippen LogP) is 6.37. The molecule has 0 spiro atoms. The molecule has 8 atom stereocenters. The molecule has 0 radical (unpaired) electrons. The smallest absolute Gasteiger partial charge is 0.259 e. The summed E-state index contributed by atoms with van der Waals surface area (Å²) in [5, 5.41) is 48.6. The van der Waals surface area contributed by atoms with Crippen LogP contribution in [0.25, 0.3) is 33.3 Å². The number of hydrogen-bond donors (Lipinski definition) is 6. The molecule has 6 heterocycles. The van der Waals surface area contributed by atoms with Crippen LogP contribution in [0.1, 0.15) is 113 Å². The minimum Gasteiger partial charge on any atom is -0.508 e. The Morgan fingerprint density at radius 3 is 2.51 bits per heavy atom. The molecule has 6 bridgehead atoms. The number of pyridine rings is 1. The number of nitriles is 1. The van der Waals surface area contributed by atoms with Gasteiger partial charge in [-0.3, -0.25) is 29.3 Å². The number of aromatic nitrogens is 2. The normalized spacial score (nSPS) is 24.8. The van der Waals surface area contributed by atoms with E-state index in [0.29, 0.717) is 81.7 Å². The van der Waals surface area contributed by atoms with Crippen molar-refractivity contribution in [2.45, 2.75) is 128 Å². The molecular formula is C63H77N9O9. The predicted molar refractivity (Wildman–Crippen MR) is 307 cm³/mol. The van der Waals surface area contributed by atoms with Crippen molar-refractivity contribution in [3.63, 3.8) is 0 Å². The summed E-state index contributed by atoms with van der Waals surface area (Å²) in [7, 11) is 3.30. The number of likely N-dealkylation sites (tertiary alicyclic amines) is 1. The number of nitrogen functional groups attached to an aromatic ring is 1. The molecule has 5 aromatic rings. The number of nitrogens with one attached hydrogen (secondary N) is 2. The number of aliphatic hydroxyl groups is 2. The lowest BCUT2D eigenvalue weighted by atomic mass is 9.67. The van der Waals surface area contributed by atoms with Crippen LogP contribution in [0.3, 0.4) is 0 Å². The van der Waals surface area contributed by atoms with E-state index in [1.54, 1.807) is 44.6 Å². The summed E-state index contributed by atoms with van der Waals surface area (Å²) in [6.07, 6.45) is 1.89. The molecule has 428 valence electrons. The number of ether oxygens (including phenoxy) is 3. The van der Waals surface area contributed by atoms with Gasteiger partial charge in [-0.1, -0.05) is 63.8 Å². The van der Waals surface area contributed by atoms with Crippen LogP contribution in [-0.4, -0.2) is 148 Å². The molecule has 81 heavy (non-hydrogen) atoms. The van der Waals surface area contributed by atoms with Crippen molar-refractivity contribution in [3.05, 3.63) is 101 Å². The van der Waals surface area contributed by atoms with Crippen LogP contribution < -0.4 is 16.5 Å². The highest BCUT2D eigenvalue weighted by molar-refractivity contribution is 5.97. The summed E-state index contributed by atoms with van der Waals surface area (Å²) in [5.74, 6) is 4.41. The highest BCUT2D eigenvalue weighted by Gasteiger charge is 2.48. The van der Waals surface area contributed by atoms with Gasteiger partial charge in [-0.05, 0) is 121 Å². The van der Waals surface area contributed by atoms with Crippen molar-refractivity contribution in [2.75, 3.05) is 65.9 Å². The standard InChI is InChI=1S/C63H77N9O9/c1-8-71-50-18-15-41-32-46(50)51-52(57(79-7)53-47(55(51)71)29-38(33-66-53)11-9-22-70-24-20-63(34-64,35-73)21-25-70)62(4,5)36-81-61(78)48-12-10-23-72(68-48)59(76)49(30-39-27-42(41)31-44(74)28-39)67-58(75)54(37(2)3)69(6)60(77)56-45(19-26-80-56)40-13-16-43(65)17-14-40/h13-18,27-29,31-33,37,45,48-49,52,54,56-57,61,68,73-74,78H,8,10,12,19-26,30,35-36,65H2,1-7H3,(H,67,75)/t45-,48+,49+,52?,54+,56-,57+,61?/m1/s1. The number of hydrogen-bond acceptors (Lipinski definition) is 14. The number of benzene rings is 3. The van der Waals surface area contributed by atoms with Gasteiger partial charge in [-0.25, -0.2) is 5.43 Å². The summed E-state index contributed by atoms with van der Waals surface area (Å²) in [5.41, 5.74) is 16.8. The fourth-order valence-electron chi connectivity index (χ4n) is 13.2. The van der Waals surface area contributed by atoms with Crippen molar-refractivity contribution in [1.82, 2.24) is 35.1 Å². The zero-order valence-corrected chi connectivity index (χ0v) is 47.6. The summed E-state index contributed by atoms with van der Waals surface area (Å²) >= 11 is 0. The van der Waals surface area contributed by atoms with E-state index < -0.39 is 59.3 Å². The molecular weight excluding hydrogens is 1030 g/mol. The van der Waals surface area contributed by atoms with E-state index in [1.165, 1.54) is 9.91 Å². The average Bonchev–Trinajstić information content (AvgIpc) is 4.28. The fraction of sp³-hybridized carbons (Fsp3) is 0.508. The minimum absolute atomic E-state index is 0.0183. The molecule has 7 N–H and O–H groups in total. The van der Waals surface area contributed by atoms with E-state index in [0.717, 1.165) is 50.1 Å². The van der Waals surface area contributed by atoms with Gasteiger partial charge in [-0.15, -0.1) is 0 Å². The van der Waals surface area contributed by atoms with E-state index in [2.05, 4.69) is 77.1 Å². The van der Waals surface area contributed by atoms with Gasteiger partial charge in [0.15, 0.2) is 6.29 Å². The van der Waals surface area contributed by atoms with Crippen LogP contribution in [0.4, 0.5) is 5.69 Å². The number of phenolic OH excluding ortho intramolecular Hbond substituents is 1. The third-order valence-corrected chi connectivity index (χ3v) is 17.6. The number of nitrogens with two attached hydrogens (primary N) is 1. The molecule has 3 aromatic carbocycles. The monoisotopic (exact) mass is 1100 g/mol. The minimum atomic E-state index is -1.34. The van der Waals surface area contributed by atoms with Crippen molar-refractivity contribution in [1.29, 1.82) is 5.26 Å². The maximum Gasteiger partial charge on any atom is 0.259 e. The SMILES string of the molecule is CCn1c2c3c4cc(ccc41)-c1cc(O)cc(c1)C[C@H](NC(=O)[C@H](C(C)C)N(C)C(=O)[C@@H]1OCC[C@@H]1c1ccc(N)cc1)C(=O)N1CCC[C@H](N1)C(O)OCC(C)(C)C3[C@H](OC)c1ncc(C#CCN3CCC(C#N)(CO)CC3)cc1-2. The Morgan fingerprint density at radius 1 is 1.04 bits per heavy atom. The zero-order valence-electron chi connectivity index (χ0n) is 47.6. The number of aryl methyl sites for hydroxylation is 1. The first kappa shape index (κ1) is 57.4. The number of carbonyl (C=O) groups is 3. The molecule has 2 aromatic heterocycles. The van der Waals surface area contributed by atoms with E-state index >= 15 is 4.79 Å². The number of aliphatic hydroxyl groups excluding tert-OH is 2. The van der Waals surface area contributed by atoms with Crippen LogP contribution in [0.2, 0.25) is 0 Å². The number of amides is 3. The van der Waals surface area contributed by atoms with Crippen LogP contribution in [0.15, 0.2) is 72.9 Å². The van der Waals surface area contributed by atoms with E-state index in [1.807, 2.05) is 38.1 Å².